The fraction of sp³-hybridized carbons (Fsp3) is 0.172. The number of carbonyl (C=O) groups is 1. The maximum atomic E-state index is 13.3. The lowest BCUT2D eigenvalue weighted by atomic mass is 10.0. The number of rotatable bonds is 9. The number of oxime groups is 1. The van der Waals surface area contributed by atoms with Gasteiger partial charge >= 0.3 is 0 Å². The fourth-order valence-corrected chi connectivity index (χ4v) is 5.45. The summed E-state index contributed by atoms with van der Waals surface area (Å²) in [7, 11) is 0. The molecule has 8 nitrogen and oxygen atoms in total. The zero-order valence-corrected chi connectivity index (χ0v) is 22.7. The van der Waals surface area contributed by atoms with E-state index in [4.69, 9.17) is 23.2 Å². The molecule has 2 N–H and O–H groups in total. The van der Waals surface area contributed by atoms with E-state index in [1.165, 1.54) is 24.4 Å². The van der Waals surface area contributed by atoms with Gasteiger partial charge in [0.25, 0.3) is 5.91 Å². The Bertz CT molecular complexity index is 1620. The molecule has 0 aliphatic rings. The molecule has 1 amide bonds. The highest BCUT2D eigenvalue weighted by atomic mass is 35.5. The van der Waals surface area contributed by atoms with E-state index in [0.717, 1.165) is 47.0 Å². The van der Waals surface area contributed by atoms with Gasteiger partial charge in [-0.3, -0.25) is 9.36 Å². The number of nitrogens with zero attached hydrogens (tertiary/aromatic N) is 5. The highest BCUT2D eigenvalue weighted by Gasteiger charge is 2.20. The smallest absolute Gasteiger partial charge is 0.255 e. The Morgan fingerprint density at radius 2 is 1.74 bits per heavy atom. The van der Waals surface area contributed by atoms with Crippen molar-refractivity contribution in [1.82, 2.24) is 24.6 Å². The average molecular weight is 561 g/mol. The summed E-state index contributed by atoms with van der Waals surface area (Å²) in [5, 5.41) is 24.7. The van der Waals surface area contributed by atoms with Crippen LogP contribution in [0.5, 0.6) is 0 Å². The topological polar surface area (TPSA) is 97.3 Å². The number of aryl methyl sites for hydroxylation is 2. The van der Waals surface area contributed by atoms with Crippen LogP contribution in [0.3, 0.4) is 0 Å². The fourth-order valence-electron chi connectivity index (χ4n) is 4.80. The summed E-state index contributed by atoms with van der Waals surface area (Å²) < 4.78 is 3.70. The first-order valence-corrected chi connectivity index (χ1v) is 13.2. The molecule has 0 spiro atoms. The van der Waals surface area contributed by atoms with E-state index in [1.807, 2.05) is 41.8 Å². The van der Waals surface area contributed by atoms with Gasteiger partial charge in [0.1, 0.15) is 12.7 Å². The minimum absolute atomic E-state index is 0.179. The quantitative estimate of drug-likeness (QED) is 0.127. The lowest BCUT2D eigenvalue weighted by molar-refractivity contribution is 0.0943. The number of amides is 1. The standard InChI is InChI=1S/C29H26Cl2N6O2/c1-19-10-11-27-22(12-19)23(15-35-39)26(9-5-8-20-6-3-2-4-7-20)37(27)16-32-29(38)28-24(30)13-21(14-25(28)31)36-17-33-34-18-36/h2-4,6-7,10-15,17-18,39H,5,8-9,16H2,1H3,(H,32,38)/b35-15+. The van der Waals surface area contributed by atoms with Crippen molar-refractivity contribution in [2.24, 2.45) is 5.16 Å². The second kappa shape index (κ2) is 11.7. The minimum atomic E-state index is -0.401. The van der Waals surface area contributed by atoms with Crippen LogP contribution in [0.1, 0.15) is 39.2 Å². The van der Waals surface area contributed by atoms with Crippen LogP contribution < -0.4 is 5.32 Å². The zero-order valence-electron chi connectivity index (χ0n) is 21.2. The van der Waals surface area contributed by atoms with Crippen molar-refractivity contribution in [3.63, 3.8) is 0 Å². The Morgan fingerprint density at radius 1 is 1.03 bits per heavy atom. The molecule has 5 aromatic rings. The van der Waals surface area contributed by atoms with E-state index in [1.54, 1.807) is 16.7 Å². The summed E-state index contributed by atoms with van der Waals surface area (Å²) in [5.74, 6) is -0.401. The molecule has 0 aliphatic carbocycles. The lowest BCUT2D eigenvalue weighted by Crippen LogP contribution is -2.27. The SMILES string of the molecule is Cc1ccc2c(c1)c(/C=N/O)c(CCCc1ccccc1)n2CNC(=O)c1c(Cl)cc(-n2cnnc2)cc1Cl. The van der Waals surface area contributed by atoms with Gasteiger partial charge in [-0.2, -0.15) is 0 Å². The molecular formula is C29H26Cl2N6O2. The number of fused-ring (bicyclic) bond motifs is 1. The Balaban J connectivity index is 1.44. The number of hydrogen-bond acceptors (Lipinski definition) is 5. The van der Waals surface area contributed by atoms with Crippen molar-refractivity contribution in [3.05, 3.63) is 111 Å². The Hall–Kier alpha value is -4.14. The number of carbonyl (C=O) groups excluding carboxylic acids is 1. The molecule has 0 unspecified atom stereocenters. The maximum absolute atomic E-state index is 13.3. The molecule has 39 heavy (non-hydrogen) atoms. The van der Waals surface area contributed by atoms with Crippen LogP contribution in [-0.2, 0) is 19.5 Å². The molecule has 0 atom stereocenters. The second-order valence-electron chi connectivity index (χ2n) is 9.21. The van der Waals surface area contributed by atoms with E-state index in [0.29, 0.717) is 5.69 Å². The molecule has 0 radical (unpaired) electrons. The maximum Gasteiger partial charge on any atom is 0.255 e. The Kier molecular flexibility index (Phi) is 7.95. The van der Waals surface area contributed by atoms with Gasteiger partial charge in [-0.05, 0) is 56.0 Å². The van der Waals surface area contributed by atoms with Gasteiger partial charge in [0.2, 0.25) is 0 Å². The highest BCUT2D eigenvalue weighted by molar-refractivity contribution is 6.40. The van der Waals surface area contributed by atoms with E-state index >= 15 is 0 Å². The third kappa shape index (κ3) is 5.67. The van der Waals surface area contributed by atoms with Crippen molar-refractivity contribution in [3.8, 4) is 5.69 Å². The van der Waals surface area contributed by atoms with E-state index in [-0.39, 0.29) is 22.3 Å². The van der Waals surface area contributed by atoms with Crippen molar-refractivity contribution in [2.75, 3.05) is 0 Å². The van der Waals surface area contributed by atoms with Crippen LogP contribution in [0.4, 0.5) is 0 Å². The van der Waals surface area contributed by atoms with Crippen LogP contribution in [0, 0.1) is 6.92 Å². The average Bonchev–Trinajstić information content (AvgIpc) is 3.55. The molecule has 3 aromatic carbocycles. The monoisotopic (exact) mass is 560 g/mol. The van der Waals surface area contributed by atoms with Gasteiger partial charge in [0, 0.05) is 16.6 Å². The van der Waals surface area contributed by atoms with E-state index in [9.17, 15) is 10.0 Å². The van der Waals surface area contributed by atoms with Gasteiger partial charge < -0.3 is 15.1 Å². The number of hydrogen-bond donors (Lipinski definition) is 2. The Labute approximate surface area is 235 Å². The number of aromatic nitrogens is 4. The number of nitrogens with one attached hydrogen (secondary N) is 1. The summed E-state index contributed by atoms with van der Waals surface area (Å²) in [5.41, 5.74) is 5.88. The first-order chi connectivity index (χ1) is 19.0. The third-order valence-electron chi connectivity index (χ3n) is 6.65. The van der Waals surface area contributed by atoms with Gasteiger partial charge in [-0.1, -0.05) is 70.3 Å². The van der Waals surface area contributed by atoms with Crippen molar-refractivity contribution < 1.29 is 10.0 Å². The van der Waals surface area contributed by atoms with Crippen molar-refractivity contribution in [2.45, 2.75) is 32.9 Å². The molecular weight excluding hydrogens is 535 g/mol. The van der Waals surface area contributed by atoms with Gasteiger partial charge in [-0.15, -0.1) is 10.2 Å². The molecule has 10 heteroatoms. The normalized spacial score (nSPS) is 11.5. The molecule has 2 heterocycles. The predicted octanol–water partition coefficient (Wildman–Crippen LogP) is 6.21. The molecule has 0 fully saturated rings. The second-order valence-corrected chi connectivity index (χ2v) is 10.0. The van der Waals surface area contributed by atoms with Crippen LogP contribution in [-0.4, -0.2) is 36.7 Å². The predicted molar refractivity (Wildman–Crippen MR) is 153 cm³/mol. The summed E-state index contributed by atoms with van der Waals surface area (Å²) in [6, 6.07) is 19.7. The molecule has 0 aliphatic heterocycles. The first-order valence-electron chi connectivity index (χ1n) is 12.4. The van der Waals surface area contributed by atoms with E-state index in [2.05, 4.69) is 38.9 Å². The Morgan fingerprint density at radius 3 is 2.44 bits per heavy atom. The highest BCUT2D eigenvalue weighted by Crippen LogP contribution is 2.30. The number of halogens is 2. The first kappa shape index (κ1) is 26.5. The largest absolute Gasteiger partial charge is 0.411 e. The third-order valence-corrected chi connectivity index (χ3v) is 7.24. The lowest BCUT2D eigenvalue weighted by Gasteiger charge is -2.15. The van der Waals surface area contributed by atoms with Crippen LogP contribution in [0.25, 0.3) is 16.6 Å². The summed E-state index contributed by atoms with van der Waals surface area (Å²) in [6.45, 7) is 2.19. The molecule has 0 saturated heterocycles. The van der Waals surface area contributed by atoms with Crippen LogP contribution >= 0.6 is 23.2 Å². The van der Waals surface area contributed by atoms with Crippen molar-refractivity contribution in [1.29, 1.82) is 0 Å². The molecule has 5 rings (SSSR count). The molecule has 0 bridgehead atoms. The molecule has 0 saturated carbocycles. The van der Waals surface area contributed by atoms with E-state index < -0.39 is 5.91 Å². The summed E-state index contributed by atoms with van der Waals surface area (Å²) >= 11 is 13.0. The zero-order chi connectivity index (χ0) is 27.4. The number of benzene rings is 3. The van der Waals surface area contributed by atoms with Gasteiger partial charge in [-0.25, -0.2) is 0 Å². The van der Waals surface area contributed by atoms with Gasteiger partial charge in [0.05, 0.1) is 39.7 Å². The molecule has 2 aromatic heterocycles. The van der Waals surface area contributed by atoms with Crippen LogP contribution in [0.15, 0.2) is 78.5 Å². The van der Waals surface area contributed by atoms with Gasteiger partial charge in [0.15, 0.2) is 0 Å². The van der Waals surface area contributed by atoms with Crippen molar-refractivity contribution >= 4 is 46.2 Å². The summed E-state index contributed by atoms with van der Waals surface area (Å²) in [6.07, 6.45) is 7.00. The minimum Gasteiger partial charge on any atom is -0.411 e. The summed E-state index contributed by atoms with van der Waals surface area (Å²) in [4.78, 5) is 13.3. The molecule has 198 valence electrons. The van der Waals surface area contributed by atoms with Crippen LogP contribution in [0.2, 0.25) is 10.0 Å².